The Kier molecular flexibility index (Phi) is 6.72. The van der Waals surface area contributed by atoms with Crippen LogP contribution in [0.4, 0.5) is 5.82 Å². The molecule has 0 saturated heterocycles. The topological polar surface area (TPSA) is 59.1 Å². The Hall–Kier alpha value is -2.96. The maximum atomic E-state index is 5.62. The first-order chi connectivity index (χ1) is 15.5. The predicted octanol–water partition coefficient (Wildman–Crippen LogP) is 6.13. The zero-order valence-electron chi connectivity index (χ0n) is 19.3. The van der Waals surface area contributed by atoms with E-state index in [0.717, 1.165) is 46.8 Å². The van der Waals surface area contributed by atoms with Gasteiger partial charge in [0.05, 0.1) is 18.7 Å². The number of aromatic nitrogens is 2. The predicted molar refractivity (Wildman–Crippen MR) is 135 cm³/mol. The third-order valence-electron chi connectivity index (χ3n) is 5.69. The Labute approximate surface area is 193 Å². The zero-order chi connectivity index (χ0) is 22.7. The first kappa shape index (κ1) is 22.2. The molecule has 2 aromatic heterocycles. The highest BCUT2D eigenvalue weighted by molar-refractivity contribution is 7.10. The Morgan fingerprint density at radius 3 is 2.66 bits per heavy atom. The number of nitrogens with zero attached hydrogens (tertiary/aromatic N) is 2. The number of rotatable bonds is 8. The van der Waals surface area contributed by atoms with Gasteiger partial charge in [-0.05, 0) is 73.1 Å². The molecule has 0 aliphatic carbocycles. The van der Waals surface area contributed by atoms with Gasteiger partial charge in [-0.3, -0.25) is 0 Å². The Morgan fingerprint density at radius 2 is 1.91 bits per heavy atom. The van der Waals surface area contributed by atoms with Crippen LogP contribution in [0.5, 0.6) is 5.75 Å². The first-order valence-corrected chi connectivity index (χ1v) is 11.8. The van der Waals surface area contributed by atoms with Crippen LogP contribution in [0.2, 0.25) is 0 Å². The standard InChI is InChI=1S/C26H30N4OS/c1-6-18-11-23-22(13-24(18)31-5)26(30-17(3)29-23)28-16(2)25-12-20(15-32-25)21-10-8-7-9-19(21)14-27-4/h7-13,15-16,27H,6,14H2,1-5H3,(H,28,29,30)/t16-/m1/s1. The summed E-state index contributed by atoms with van der Waals surface area (Å²) in [7, 11) is 3.69. The molecule has 2 aromatic carbocycles. The number of aryl methyl sites for hydroxylation is 2. The van der Waals surface area contributed by atoms with E-state index in [1.54, 1.807) is 18.4 Å². The van der Waals surface area contributed by atoms with E-state index in [0.29, 0.717) is 0 Å². The van der Waals surface area contributed by atoms with Gasteiger partial charge in [-0.25, -0.2) is 9.97 Å². The van der Waals surface area contributed by atoms with E-state index in [9.17, 15) is 0 Å². The van der Waals surface area contributed by atoms with Crippen molar-refractivity contribution in [3.05, 3.63) is 69.7 Å². The van der Waals surface area contributed by atoms with Crippen molar-refractivity contribution in [1.29, 1.82) is 0 Å². The average molecular weight is 447 g/mol. The van der Waals surface area contributed by atoms with Crippen molar-refractivity contribution in [3.63, 3.8) is 0 Å². The fourth-order valence-corrected chi connectivity index (χ4v) is 4.95. The van der Waals surface area contributed by atoms with Gasteiger partial charge in [0.15, 0.2) is 0 Å². The van der Waals surface area contributed by atoms with Crippen LogP contribution in [0.3, 0.4) is 0 Å². The fraction of sp³-hybridized carbons (Fsp3) is 0.308. The second-order valence-corrected chi connectivity index (χ2v) is 8.89. The third kappa shape index (κ3) is 4.47. The SMILES string of the molecule is CCc1cc2nc(C)nc(N[C@H](C)c3cc(-c4ccccc4CNC)cs3)c2cc1OC. The quantitative estimate of drug-likeness (QED) is 0.341. The lowest BCUT2D eigenvalue weighted by Crippen LogP contribution is -2.09. The van der Waals surface area contributed by atoms with Gasteiger partial charge in [0.25, 0.3) is 0 Å². The molecule has 32 heavy (non-hydrogen) atoms. The molecule has 0 bridgehead atoms. The van der Waals surface area contributed by atoms with Gasteiger partial charge in [-0.15, -0.1) is 11.3 Å². The van der Waals surface area contributed by atoms with E-state index in [1.165, 1.54) is 21.6 Å². The maximum absolute atomic E-state index is 5.62. The van der Waals surface area contributed by atoms with Gasteiger partial charge in [-0.1, -0.05) is 31.2 Å². The second-order valence-electron chi connectivity index (χ2n) is 7.95. The smallest absolute Gasteiger partial charge is 0.138 e. The molecule has 0 aliphatic heterocycles. The highest BCUT2D eigenvalue weighted by Gasteiger charge is 2.16. The Balaban J connectivity index is 1.66. The highest BCUT2D eigenvalue weighted by atomic mass is 32.1. The Bertz CT molecular complexity index is 1230. The summed E-state index contributed by atoms with van der Waals surface area (Å²) in [5.74, 6) is 2.47. The molecule has 1 atom stereocenters. The number of hydrogen-bond donors (Lipinski definition) is 2. The van der Waals surface area contributed by atoms with Gasteiger partial charge in [0, 0.05) is 16.8 Å². The number of methoxy groups -OCH3 is 1. The zero-order valence-corrected chi connectivity index (χ0v) is 20.1. The van der Waals surface area contributed by atoms with Crippen molar-refractivity contribution in [3.8, 4) is 16.9 Å². The molecular formula is C26H30N4OS. The molecule has 4 aromatic rings. The molecule has 4 rings (SSSR count). The van der Waals surface area contributed by atoms with E-state index >= 15 is 0 Å². The molecule has 5 nitrogen and oxygen atoms in total. The van der Waals surface area contributed by atoms with Crippen molar-refractivity contribution in [2.75, 3.05) is 19.5 Å². The molecule has 0 aliphatic rings. The summed E-state index contributed by atoms with van der Waals surface area (Å²) in [6.07, 6.45) is 0.897. The Morgan fingerprint density at radius 1 is 1.09 bits per heavy atom. The van der Waals surface area contributed by atoms with Crippen LogP contribution in [0.1, 0.15) is 41.7 Å². The van der Waals surface area contributed by atoms with E-state index in [1.807, 2.05) is 14.0 Å². The van der Waals surface area contributed by atoms with E-state index in [4.69, 9.17) is 9.72 Å². The minimum atomic E-state index is 0.111. The van der Waals surface area contributed by atoms with E-state index in [2.05, 4.69) is 77.3 Å². The molecule has 0 radical (unpaired) electrons. The molecule has 6 heteroatoms. The molecule has 0 spiro atoms. The van der Waals surface area contributed by atoms with Gasteiger partial charge in [-0.2, -0.15) is 0 Å². The molecule has 0 amide bonds. The summed E-state index contributed by atoms with van der Waals surface area (Å²) in [6, 6.07) is 15.1. The molecule has 2 heterocycles. The molecule has 0 unspecified atom stereocenters. The van der Waals surface area contributed by atoms with Crippen molar-refractivity contribution < 1.29 is 4.74 Å². The largest absolute Gasteiger partial charge is 0.496 e. The van der Waals surface area contributed by atoms with Gasteiger partial charge >= 0.3 is 0 Å². The third-order valence-corrected chi connectivity index (χ3v) is 6.80. The number of benzene rings is 2. The lowest BCUT2D eigenvalue weighted by Gasteiger charge is -2.17. The lowest BCUT2D eigenvalue weighted by atomic mass is 10.0. The molecule has 2 N–H and O–H groups in total. The van der Waals surface area contributed by atoms with Crippen LogP contribution in [0, 0.1) is 6.92 Å². The monoisotopic (exact) mass is 446 g/mol. The average Bonchev–Trinajstić information content (AvgIpc) is 3.29. The molecule has 0 saturated carbocycles. The highest BCUT2D eigenvalue weighted by Crippen LogP contribution is 2.35. The van der Waals surface area contributed by atoms with Crippen LogP contribution in [-0.2, 0) is 13.0 Å². The fourth-order valence-electron chi connectivity index (χ4n) is 4.04. The summed E-state index contributed by atoms with van der Waals surface area (Å²) in [5, 5.41) is 10.1. The maximum Gasteiger partial charge on any atom is 0.138 e. The van der Waals surface area contributed by atoms with Crippen LogP contribution in [-0.4, -0.2) is 24.1 Å². The van der Waals surface area contributed by atoms with Crippen molar-refractivity contribution >= 4 is 28.1 Å². The van der Waals surface area contributed by atoms with E-state index < -0.39 is 0 Å². The minimum absolute atomic E-state index is 0.111. The molecule has 0 fully saturated rings. The van der Waals surface area contributed by atoms with Crippen LogP contribution < -0.4 is 15.4 Å². The van der Waals surface area contributed by atoms with Gasteiger partial charge in [0.2, 0.25) is 0 Å². The normalized spacial score (nSPS) is 12.2. The number of thiophene rings is 1. The van der Waals surface area contributed by atoms with Crippen molar-refractivity contribution in [2.24, 2.45) is 0 Å². The van der Waals surface area contributed by atoms with Crippen molar-refractivity contribution in [1.82, 2.24) is 15.3 Å². The van der Waals surface area contributed by atoms with Crippen LogP contribution in [0.25, 0.3) is 22.0 Å². The minimum Gasteiger partial charge on any atom is -0.496 e. The number of hydrogen-bond acceptors (Lipinski definition) is 6. The van der Waals surface area contributed by atoms with Gasteiger partial charge < -0.3 is 15.4 Å². The molecular weight excluding hydrogens is 416 g/mol. The summed E-state index contributed by atoms with van der Waals surface area (Å²) < 4.78 is 5.62. The number of anilines is 1. The first-order valence-electron chi connectivity index (χ1n) is 11.0. The number of ether oxygens (including phenoxy) is 1. The summed E-state index contributed by atoms with van der Waals surface area (Å²) in [4.78, 5) is 10.6. The summed E-state index contributed by atoms with van der Waals surface area (Å²) in [5.41, 5.74) is 5.92. The lowest BCUT2D eigenvalue weighted by molar-refractivity contribution is 0.411. The van der Waals surface area contributed by atoms with Crippen LogP contribution in [0.15, 0.2) is 47.8 Å². The number of fused-ring (bicyclic) bond motifs is 1. The van der Waals surface area contributed by atoms with E-state index in [-0.39, 0.29) is 6.04 Å². The number of nitrogens with one attached hydrogen (secondary N) is 2. The van der Waals surface area contributed by atoms with Gasteiger partial charge in [0.1, 0.15) is 17.4 Å². The second kappa shape index (κ2) is 9.67. The molecule has 166 valence electrons. The summed E-state index contributed by atoms with van der Waals surface area (Å²) >= 11 is 1.77. The van der Waals surface area contributed by atoms with Crippen LogP contribution >= 0.6 is 11.3 Å². The van der Waals surface area contributed by atoms with Crippen molar-refractivity contribution in [2.45, 2.75) is 39.8 Å². The summed E-state index contributed by atoms with van der Waals surface area (Å²) in [6.45, 7) is 7.09.